The van der Waals surface area contributed by atoms with Crippen molar-refractivity contribution in [1.82, 2.24) is 4.90 Å². The molecule has 0 radical (unpaired) electrons. The first kappa shape index (κ1) is 16.0. The molecule has 116 valence electrons. The molecule has 0 heterocycles. The number of hydrogen-bond donors (Lipinski definition) is 0. The second-order valence-corrected chi connectivity index (χ2v) is 6.30. The van der Waals surface area contributed by atoms with Crippen LogP contribution < -0.4 is 4.90 Å². The van der Waals surface area contributed by atoms with Gasteiger partial charge in [-0.1, -0.05) is 0 Å². The Kier molecular flexibility index (Phi) is 4.74. The van der Waals surface area contributed by atoms with Crippen molar-refractivity contribution in [2.75, 3.05) is 32.6 Å². The van der Waals surface area contributed by atoms with Gasteiger partial charge in [-0.2, -0.15) is 0 Å². The van der Waals surface area contributed by atoms with Gasteiger partial charge in [0.15, 0.2) is 0 Å². The number of nitrogens with zero attached hydrogens (tertiary/aromatic N) is 3. The van der Waals surface area contributed by atoms with Gasteiger partial charge in [-0.05, 0) is 45.0 Å². The monoisotopic (exact) mass is 311 g/mol. The van der Waals surface area contributed by atoms with Crippen LogP contribution in [0.2, 0.25) is 0 Å². The van der Waals surface area contributed by atoms with Crippen molar-refractivity contribution in [2.24, 2.45) is 0 Å². The van der Waals surface area contributed by atoms with Crippen LogP contribution in [0.5, 0.6) is 0 Å². The van der Waals surface area contributed by atoms with Gasteiger partial charge < -0.3 is 9.80 Å². The Labute approximate surface area is 130 Å². The Morgan fingerprint density at radius 2 is 2.00 bits per heavy atom. The van der Waals surface area contributed by atoms with Crippen molar-refractivity contribution >= 4 is 23.0 Å². The van der Waals surface area contributed by atoms with E-state index in [4.69, 9.17) is 11.6 Å². The molecule has 1 aromatic rings. The van der Waals surface area contributed by atoms with Crippen molar-refractivity contribution in [1.29, 1.82) is 0 Å². The lowest BCUT2D eigenvalue weighted by Crippen LogP contribution is -2.56. The highest BCUT2D eigenvalue weighted by Gasteiger charge is 2.40. The maximum Gasteiger partial charge on any atom is 0.269 e. The maximum atomic E-state index is 10.9. The van der Waals surface area contributed by atoms with Crippen LogP contribution in [0, 0.1) is 10.1 Å². The normalized spacial score (nSPS) is 16.6. The molecule has 0 unspecified atom stereocenters. The average molecular weight is 312 g/mol. The molecule has 0 amide bonds. The minimum Gasteiger partial charge on any atom is -0.372 e. The maximum absolute atomic E-state index is 10.9. The molecular formula is C15H22ClN3O2. The van der Waals surface area contributed by atoms with Crippen molar-refractivity contribution in [3.63, 3.8) is 0 Å². The summed E-state index contributed by atoms with van der Waals surface area (Å²) in [7, 11) is 6.26. The van der Waals surface area contributed by atoms with Crippen LogP contribution in [-0.2, 0) is 5.88 Å². The lowest BCUT2D eigenvalue weighted by molar-refractivity contribution is -0.384. The van der Waals surface area contributed by atoms with E-state index in [9.17, 15) is 10.1 Å². The van der Waals surface area contributed by atoms with Crippen LogP contribution in [0.15, 0.2) is 18.2 Å². The fourth-order valence-corrected chi connectivity index (χ4v) is 3.24. The molecule has 0 spiro atoms. The zero-order chi connectivity index (χ0) is 15.6. The number of anilines is 1. The van der Waals surface area contributed by atoms with E-state index in [2.05, 4.69) is 23.9 Å². The molecule has 0 bridgehead atoms. The van der Waals surface area contributed by atoms with Crippen LogP contribution >= 0.6 is 11.6 Å². The summed E-state index contributed by atoms with van der Waals surface area (Å²) in [4.78, 5) is 14.9. The predicted molar refractivity (Wildman–Crippen MR) is 86.2 cm³/mol. The Hall–Kier alpha value is -1.33. The minimum atomic E-state index is -0.382. The number of alkyl halides is 1. The topological polar surface area (TPSA) is 49.6 Å². The summed E-state index contributed by atoms with van der Waals surface area (Å²) in [6.07, 6.45) is 3.63. The highest BCUT2D eigenvalue weighted by molar-refractivity contribution is 6.17. The lowest BCUT2D eigenvalue weighted by Gasteiger charge is -2.49. The van der Waals surface area contributed by atoms with Gasteiger partial charge in [0, 0.05) is 42.8 Å². The van der Waals surface area contributed by atoms with E-state index >= 15 is 0 Å². The molecule has 0 aromatic heterocycles. The summed E-state index contributed by atoms with van der Waals surface area (Å²) in [6, 6.07) is 4.92. The predicted octanol–water partition coefficient (Wildman–Crippen LogP) is 3.25. The van der Waals surface area contributed by atoms with E-state index in [0.29, 0.717) is 0 Å². The van der Waals surface area contributed by atoms with Crippen LogP contribution in [0.25, 0.3) is 0 Å². The number of rotatable bonds is 6. The average Bonchev–Trinajstić information content (AvgIpc) is 2.41. The van der Waals surface area contributed by atoms with E-state index in [-0.39, 0.29) is 22.0 Å². The number of hydrogen-bond acceptors (Lipinski definition) is 4. The zero-order valence-corrected chi connectivity index (χ0v) is 13.6. The van der Waals surface area contributed by atoms with Crippen LogP contribution in [0.4, 0.5) is 11.4 Å². The number of likely N-dealkylation sites (N-methyl/N-ethyl adjacent to an activating group) is 2. The third kappa shape index (κ3) is 3.14. The van der Waals surface area contributed by atoms with E-state index < -0.39 is 0 Å². The van der Waals surface area contributed by atoms with Gasteiger partial charge in [0.1, 0.15) is 0 Å². The van der Waals surface area contributed by atoms with Crippen LogP contribution in [0.1, 0.15) is 24.8 Å². The summed E-state index contributed by atoms with van der Waals surface area (Å²) in [5.74, 6) is 0.274. The molecule has 0 atom stereocenters. The molecule has 6 heteroatoms. The van der Waals surface area contributed by atoms with Crippen LogP contribution in [0.3, 0.4) is 0 Å². The third-order valence-corrected chi connectivity index (χ3v) is 4.88. The molecule has 0 aliphatic heterocycles. The minimum absolute atomic E-state index is 0.0915. The Balaban J connectivity index is 2.22. The summed E-state index contributed by atoms with van der Waals surface area (Å²) in [5, 5.41) is 10.9. The molecule has 21 heavy (non-hydrogen) atoms. The van der Waals surface area contributed by atoms with Crippen molar-refractivity contribution < 1.29 is 4.92 Å². The number of non-ortho nitro benzene ring substituents is 1. The largest absolute Gasteiger partial charge is 0.372 e. The van der Waals surface area contributed by atoms with Gasteiger partial charge in [0.2, 0.25) is 0 Å². The molecule has 1 fully saturated rings. The SMILES string of the molecule is CN(CC1(N(C)C)CCC1)c1ccc([N+](=O)[O-])cc1CCl. The molecule has 1 saturated carbocycles. The van der Waals surface area contributed by atoms with Crippen molar-refractivity contribution in [3.05, 3.63) is 33.9 Å². The second-order valence-electron chi connectivity index (χ2n) is 6.03. The van der Waals surface area contributed by atoms with Crippen molar-refractivity contribution in [3.8, 4) is 0 Å². The smallest absolute Gasteiger partial charge is 0.269 e. The van der Waals surface area contributed by atoms with E-state index in [1.54, 1.807) is 18.2 Å². The van der Waals surface area contributed by atoms with Gasteiger partial charge in [-0.3, -0.25) is 10.1 Å². The first-order valence-electron chi connectivity index (χ1n) is 7.11. The first-order valence-corrected chi connectivity index (χ1v) is 7.65. The van der Waals surface area contributed by atoms with Gasteiger partial charge in [0.25, 0.3) is 5.69 Å². The second kappa shape index (κ2) is 6.20. The number of nitro groups is 1. The summed E-state index contributed by atoms with van der Waals surface area (Å²) in [5.41, 5.74) is 2.08. The van der Waals surface area contributed by atoms with Gasteiger partial charge in [-0.25, -0.2) is 0 Å². The Bertz CT molecular complexity index is 530. The summed E-state index contributed by atoms with van der Waals surface area (Å²) in [6.45, 7) is 0.904. The fourth-order valence-electron chi connectivity index (χ4n) is 3.02. The van der Waals surface area contributed by atoms with Crippen molar-refractivity contribution in [2.45, 2.75) is 30.7 Å². The van der Waals surface area contributed by atoms with Gasteiger partial charge in [-0.15, -0.1) is 11.6 Å². The Morgan fingerprint density at radius 3 is 2.43 bits per heavy atom. The van der Waals surface area contributed by atoms with E-state index in [0.717, 1.165) is 17.8 Å². The molecule has 2 rings (SSSR count). The molecule has 0 saturated heterocycles. The van der Waals surface area contributed by atoms with E-state index in [1.807, 2.05) is 7.05 Å². The Morgan fingerprint density at radius 1 is 1.33 bits per heavy atom. The molecule has 1 aromatic carbocycles. The molecule has 1 aliphatic rings. The van der Waals surface area contributed by atoms with Gasteiger partial charge >= 0.3 is 0 Å². The molecule has 1 aliphatic carbocycles. The number of nitro benzene ring substituents is 1. The summed E-state index contributed by atoms with van der Waals surface area (Å²) >= 11 is 5.97. The fraction of sp³-hybridized carbons (Fsp3) is 0.600. The first-order chi connectivity index (χ1) is 9.89. The van der Waals surface area contributed by atoms with E-state index in [1.165, 1.54) is 19.3 Å². The highest BCUT2D eigenvalue weighted by Crippen LogP contribution is 2.38. The number of halogens is 1. The summed E-state index contributed by atoms with van der Waals surface area (Å²) < 4.78 is 0. The third-order valence-electron chi connectivity index (χ3n) is 4.59. The molecular weight excluding hydrogens is 290 g/mol. The standard InChI is InChI=1S/C15H22ClN3O2/c1-17(2)15(7-4-8-15)11-18(3)14-6-5-13(19(20)21)9-12(14)10-16/h5-6,9H,4,7-8,10-11H2,1-3H3. The number of benzene rings is 1. The van der Waals surface area contributed by atoms with Gasteiger partial charge in [0.05, 0.1) is 4.92 Å². The molecule has 0 N–H and O–H groups in total. The lowest BCUT2D eigenvalue weighted by atomic mass is 9.75. The quantitative estimate of drug-likeness (QED) is 0.460. The van der Waals surface area contributed by atoms with Crippen LogP contribution in [-0.4, -0.2) is 43.0 Å². The highest BCUT2D eigenvalue weighted by atomic mass is 35.5. The molecule has 5 nitrogen and oxygen atoms in total. The zero-order valence-electron chi connectivity index (χ0n) is 12.8.